The molecule has 10 nitrogen and oxygen atoms in total. The fourth-order valence-corrected chi connectivity index (χ4v) is 5.18. The molecule has 1 saturated heterocycles. The van der Waals surface area contributed by atoms with Crippen LogP contribution in [-0.2, 0) is 27.4 Å². The van der Waals surface area contributed by atoms with Gasteiger partial charge in [0.05, 0.1) is 34.0 Å². The topological polar surface area (TPSA) is 119 Å². The normalized spacial score (nSPS) is 25.1. The molecule has 1 amide bonds. The van der Waals surface area contributed by atoms with E-state index >= 15 is 0 Å². The van der Waals surface area contributed by atoms with E-state index in [2.05, 4.69) is 4.99 Å². The van der Waals surface area contributed by atoms with Gasteiger partial charge < -0.3 is 33.9 Å². The minimum atomic E-state index is -1.12. The molecule has 2 aliphatic heterocycles. The van der Waals surface area contributed by atoms with E-state index in [1.165, 1.54) is 18.8 Å². The van der Waals surface area contributed by atoms with Gasteiger partial charge in [-0.3, -0.25) is 9.89 Å². The van der Waals surface area contributed by atoms with Crippen molar-refractivity contribution in [1.82, 2.24) is 4.90 Å². The molecule has 11 heteroatoms. The molecule has 0 aliphatic carbocycles. The van der Waals surface area contributed by atoms with Crippen LogP contribution in [0, 0.1) is 0 Å². The predicted octanol–water partition coefficient (Wildman–Crippen LogP) is 2.97. The number of aliphatic hydroxyl groups is 1. The summed E-state index contributed by atoms with van der Waals surface area (Å²) >= 11 is 1.20. The summed E-state index contributed by atoms with van der Waals surface area (Å²) in [6, 6.07) is 14.5. The molecular formula is C25H30N2O8S. The lowest BCUT2D eigenvalue weighted by molar-refractivity contribution is -0.205. The number of carbonyl (C=O) groups is 1. The first-order valence-electron chi connectivity index (χ1n) is 11.4. The minimum absolute atomic E-state index is 0.257. The molecule has 4 rings (SSSR count). The zero-order valence-electron chi connectivity index (χ0n) is 20.3. The standard InChI is InChI=1S/C25H30N2O8S/c1-27(25(29)30)24-26-20-22(34-14-16-6-10-18(32-3)11-7-16)21(19(12-28)35-23(20)36-24)33-13-15-4-8-17(31-2)9-5-15/h4-11,19-23,28H,12-14H2,1-3H3,(H,29,30)/t19?,20-,21?,22-,23?/m1/s1. The monoisotopic (exact) mass is 518 g/mol. The molecule has 2 N–H and O–H groups in total. The number of fused-ring (bicyclic) bond motifs is 1. The van der Waals surface area contributed by atoms with Crippen LogP contribution >= 0.6 is 11.8 Å². The Hall–Kier alpha value is -2.83. The number of nitrogens with zero attached hydrogens (tertiary/aromatic N) is 2. The molecule has 2 aromatic carbocycles. The van der Waals surface area contributed by atoms with Crippen molar-refractivity contribution in [2.45, 2.75) is 43.0 Å². The summed E-state index contributed by atoms with van der Waals surface area (Å²) in [7, 11) is 4.64. The minimum Gasteiger partial charge on any atom is -0.497 e. The smallest absolute Gasteiger partial charge is 0.413 e. The Bertz CT molecular complexity index is 1050. The number of thioether (sulfide) groups is 1. The number of ether oxygens (including phenoxy) is 5. The van der Waals surface area contributed by atoms with E-state index in [1.807, 2.05) is 48.5 Å². The zero-order chi connectivity index (χ0) is 25.7. The van der Waals surface area contributed by atoms with Gasteiger partial charge in [-0.2, -0.15) is 0 Å². The Morgan fingerprint density at radius 3 is 1.97 bits per heavy atom. The molecule has 2 heterocycles. The second-order valence-electron chi connectivity index (χ2n) is 8.33. The Labute approximate surface area is 213 Å². The van der Waals surface area contributed by atoms with Crippen molar-refractivity contribution in [1.29, 1.82) is 0 Å². The highest BCUT2D eigenvalue weighted by molar-refractivity contribution is 8.14. The van der Waals surface area contributed by atoms with Crippen molar-refractivity contribution in [3.05, 3.63) is 59.7 Å². The maximum atomic E-state index is 11.5. The van der Waals surface area contributed by atoms with E-state index < -0.39 is 35.9 Å². The lowest BCUT2D eigenvalue weighted by Gasteiger charge is -2.42. The fourth-order valence-electron chi connectivity index (χ4n) is 4.00. The second kappa shape index (κ2) is 11.9. The molecule has 2 aromatic rings. The van der Waals surface area contributed by atoms with Gasteiger partial charge in [0, 0.05) is 7.05 Å². The van der Waals surface area contributed by atoms with E-state index in [0.29, 0.717) is 5.17 Å². The Morgan fingerprint density at radius 2 is 1.50 bits per heavy atom. The lowest BCUT2D eigenvalue weighted by Crippen LogP contribution is -2.57. The van der Waals surface area contributed by atoms with E-state index in [1.54, 1.807) is 14.2 Å². The third-order valence-corrected chi connectivity index (χ3v) is 7.26. The van der Waals surface area contributed by atoms with Crippen molar-refractivity contribution in [3.63, 3.8) is 0 Å². The van der Waals surface area contributed by atoms with Crippen LogP contribution in [0.4, 0.5) is 4.79 Å². The molecule has 0 bridgehead atoms. The number of aliphatic hydroxyl groups excluding tert-OH is 1. The number of hydrogen-bond donors (Lipinski definition) is 2. The number of amidine groups is 1. The van der Waals surface area contributed by atoms with Gasteiger partial charge in [0.2, 0.25) is 0 Å². The Kier molecular flexibility index (Phi) is 8.70. The lowest BCUT2D eigenvalue weighted by atomic mass is 9.97. The zero-order valence-corrected chi connectivity index (χ0v) is 21.1. The van der Waals surface area contributed by atoms with Crippen molar-refractivity contribution in [3.8, 4) is 11.5 Å². The van der Waals surface area contributed by atoms with Crippen LogP contribution in [0.2, 0.25) is 0 Å². The molecule has 5 atom stereocenters. The summed E-state index contributed by atoms with van der Waals surface area (Å²) in [5, 5.41) is 19.8. The van der Waals surface area contributed by atoms with Crippen LogP contribution in [0.15, 0.2) is 53.5 Å². The van der Waals surface area contributed by atoms with Gasteiger partial charge in [-0.05, 0) is 35.4 Å². The number of benzene rings is 2. The van der Waals surface area contributed by atoms with Crippen molar-refractivity contribution in [2.75, 3.05) is 27.9 Å². The van der Waals surface area contributed by atoms with Gasteiger partial charge in [0.1, 0.15) is 41.3 Å². The fraction of sp³-hybridized carbons (Fsp3) is 0.440. The first-order chi connectivity index (χ1) is 17.4. The van der Waals surface area contributed by atoms with Gasteiger partial charge in [-0.15, -0.1) is 0 Å². The molecule has 1 fully saturated rings. The Morgan fingerprint density at radius 1 is 0.972 bits per heavy atom. The first kappa shape index (κ1) is 26.2. The quantitative estimate of drug-likeness (QED) is 0.516. The van der Waals surface area contributed by atoms with Crippen LogP contribution in [0.25, 0.3) is 0 Å². The molecule has 0 radical (unpaired) electrons. The van der Waals surface area contributed by atoms with Crippen LogP contribution in [-0.4, -0.2) is 84.0 Å². The van der Waals surface area contributed by atoms with Gasteiger partial charge in [-0.1, -0.05) is 36.0 Å². The number of rotatable bonds is 9. The third kappa shape index (κ3) is 5.93. The average Bonchev–Trinajstić information content (AvgIpc) is 3.34. The molecule has 0 saturated carbocycles. The number of methoxy groups -OCH3 is 2. The first-order valence-corrected chi connectivity index (χ1v) is 12.3. The van der Waals surface area contributed by atoms with Crippen molar-refractivity contribution >= 4 is 23.0 Å². The summed E-state index contributed by atoms with van der Waals surface area (Å²) in [6.07, 6.45) is -3.03. The third-order valence-electron chi connectivity index (χ3n) is 6.05. The highest BCUT2D eigenvalue weighted by atomic mass is 32.2. The van der Waals surface area contributed by atoms with E-state index in [0.717, 1.165) is 27.5 Å². The highest BCUT2D eigenvalue weighted by Gasteiger charge is 2.51. The second-order valence-corrected chi connectivity index (χ2v) is 9.40. The maximum absolute atomic E-state index is 11.5. The number of amides is 1. The van der Waals surface area contributed by atoms with Crippen molar-refractivity contribution in [2.24, 2.45) is 4.99 Å². The highest BCUT2D eigenvalue weighted by Crippen LogP contribution is 2.40. The molecule has 0 aromatic heterocycles. The van der Waals surface area contributed by atoms with Crippen LogP contribution < -0.4 is 9.47 Å². The maximum Gasteiger partial charge on any atom is 0.413 e. The summed E-state index contributed by atoms with van der Waals surface area (Å²) in [5.41, 5.74) is 1.32. The summed E-state index contributed by atoms with van der Waals surface area (Å²) in [6.45, 7) is 0.235. The SMILES string of the molecule is COc1ccc(COC2C(CO)OC3SC(N(C)C(=O)O)=N[C@@H]3[C@H]2OCc2ccc(OC)cc2)cc1. The van der Waals surface area contributed by atoms with Crippen LogP contribution in [0.1, 0.15) is 11.1 Å². The molecule has 36 heavy (non-hydrogen) atoms. The largest absolute Gasteiger partial charge is 0.497 e. The van der Waals surface area contributed by atoms with Gasteiger partial charge in [-0.25, -0.2) is 4.79 Å². The number of carboxylic acid groups (broad SMARTS) is 1. The van der Waals surface area contributed by atoms with E-state index in [4.69, 9.17) is 23.7 Å². The molecule has 2 aliphatic rings. The van der Waals surface area contributed by atoms with Gasteiger partial charge in [0.25, 0.3) is 0 Å². The van der Waals surface area contributed by atoms with Crippen LogP contribution in [0.5, 0.6) is 11.5 Å². The summed E-state index contributed by atoms with van der Waals surface area (Å²) in [5.74, 6) is 1.48. The van der Waals surface area contributed by atoms with Crippen LogP contribution in [0.3, 0.4) is 0 Å². The number of aliphatic imine (C=N–C) groups is 1. The summed E-state index contributed by atoms with van der Waals surface area (Å²) < 4.78 is 29.1. The van der Waals surface area contributed by atoms with Gasteiger partial charge in [0.15, 0.2) is 5.17 Å². The molecule has 0 spiro atoms. The Balaban J connectivity index is 1.56. The summed E-state index contributed by atoms with van der Waals surface area (Å²) in [4.78, 5) is 17.2. The molecule has 3 unspecified atom stereocenters. The molecular weight excluding hydrogens is 488 g/mol. The molecule has 194 valence electrons. The van der Waals surface area contributed by atoms with Crippen molar-refractivity contribution < 1.29 is 38.7 Å². The number of hydrogen-bond acceptors (Lipinski definition) is 9. The van der Waals surface area contributed by atoms with Gasteiger partial charge >= 0.3 is 6.09 Å². The van der Waals surface area contributed by atoms with E-state index in [-0.39, 0.29) is 19.8 Å². The average molecular weight is 519 g/mol. The van der Waals surface area contributed by atoms with E-state index in [9.17, 15) is 15.0 Å². The predicted molar refractivity (Wildman–Crippen MR) is 133 cm³/mol.